The molecule has 0 aliphatic rings. The van der Waals surface area contributed by atoms with Gasteiger partial charge in [-0.2, -0.15) is 5.26 Å². The number of hydrogen-bond acceptors (Lipinski definition) is 3. The van der Waals surface area contributed by atoms with Gasteiger partial charge in [-0.25, -0.2) is 17.6 Å². The molecule has 2 nitrogen and oxygen atoms in total. The molecule has 0 amide bonds. The summed E-state index contributed by atoms with van der Waals surface area (Å²) in [6.07, 6.45) is 0. The van der Waals surface area contributed by atoms with E-state index in [1.54, 1.807) is 19.2 Å². The van der Waals surface area contributed by atoms with Crippen LogP contribution < -0.4 is 4.90 Å². The predicted molar refractivity (Wildman–Crippen MR) is 103 cm³/mol. The number of hydrogen-bond donors (Lipinski definition) is 0. The molecule has 0 aliphatic heterocycles. The van der Waals surface area contributed by atoms with Crippen molar-refractivity contribution in [3.8, 4) is 6.07 Å². The minimum absolute atomic E-state index is 0.0141. The molecule has 0 aromatic heterocycles. The molecule has 0 radical (unpaired) electrons. The van der Waals surface area contributed by atoms with E-state index in [4.69, 9.17) is 17.5 Å². The van der Waals surface area contributed by atoms with Crippen LogP contribution in [-0.4, -0.2) is 11.4 Å². The monoisotopic (exact) mass is 412 g/mol. The van der Waals surface area contributed by atoms with Gasteiger partial charge in [0.25, 0.3) is 0 Å². The molecule has 0 N–H and O–H groups in total. The Morgan fingerprint density at radius 1 is 1.00 bits per heavy atom. The zero-order valence-corrected chi connectivity index (χ0v) is 16.7. The van der Waals surface area contributed by atoms with Gasteiger partial charge in [0, 0.05) is 12.7 Å². The van der Waals surface area contributed by atoms with Crippen molar-refractivity contribution in [2.24, 2.45) is 0 Å². The quantitative estimate of drug-likeness (QED) is 0.265. The van der Waals surface area contributed by atoms with Crippen molar-refractivity contribution in [3.05, 3.63) is 58.7 Å². The van der Waals surface area contributed by atoms with Crippen molar-refractivity contribution in [1.29, 1.82) is 5.26 Å². The standard InChI is InChI=1S/C19H16F4N2S2/c1-19(2,3)10-5-7-11(8-6-10)25(4)18(26)27-17-15(22)13(20)12(9-24)14(21)16(17)23/h5-8H,1-4H3. The molecule has 0 spiro atoms. The van der Waals surface area contributed by atoms with E-state index in [0.717, 1.165) is 11.6 Å². The number of nitriles is 1. The zero-order chi connectivity index (χ0) is 20.5. The van der Waals surface area contributed by atoms with Gasteiger partial charge in [0.15, 0.2) is 23.3 Å². The molecule has 142 valence electrons. The molecule has 2 rings (SSSR count). The Morgan fingerprint density at radius 2 is 1.48 bits per heavy atom. The SMILES string of the molecule is CN(C(=S)Sc1c(F)c(F)c(C#N)c(F)c1F)c1ccc(C(C)(C)C)cc1. The smallest absolute Gasteiger partial charge is 0.180 e. The second kappa shape index (κ2) is 7.87. The molecule has 0 atom stereocenters. The maximum Gasteiger partial charge on any atom is 0.180 e. The van der Waals surface area contributed by atoms with E-state index >= 15 is 0 Å². The van der Waals surface area contributed by atoms with E-state index in [1.165, 1.54) is 4.90 Å². The average molecular weight is 412 g/mol. The summed E-state index contributed by atoms with van der Waals surface area (Å²) in [4.78, 5) is 0.548. The highest BCUT2D eigenvalue weighted by Gasteiger charge is 2.27. The Labute approximate surface area is 164 Å². The second-order valence-corrected chi connectivity index (χ2v) is 8.44. The van der Waals surface area contributed by atoms with E-state index < -0.39 is 33.7 Å². The lowest BCUT2D eigenvalue weighted by Gasteiger charge is -2.23. The number of benzene rings is 2. The molecule has 0 bridgehead atoms. The molecule has 0 saturated carbocycles. The van der Waals surface area contributed by atoms with Crippen molar-refractivity contribution in [1.82, 2.24) is 0 Å². The van der Waals surface area contributed by atoms with E-state index in [0.29, 0.717) is 17.4 Å². The van der Waals surface area contributed by atoms with Gasteiger partial charge in [0.2, 0.25) is 0 Å². The summed E-state index contributed by atoms with van der Waals surface area (Å²) < 4.78 is 55.6. The van der Waals surface area contributed by atoms with Crippen molar-refractivity contribution >= 4 is 34.0 Å². The molecular formula is C19H16F4N2S2. The molecule has 27 heavy (non-hydrogen) atoms. The third kappa shape index (κ3) is 4.25. The molecule has 2 aromatic rings. The van der Waals surface area contributed by atoms with Crippen LogP contribution in [-0.2, 0) is 5.41 Å². The number of anilines is 1. The van der Waals surface area contributed by atoms with Crippen LogP contribution in [0.5, 0.6) is 0 Å². The molecule has 8 heteroatoms. The van der Waals surface area contributed by atoms with Gasteiger partial charge < -0.3 is 4.90 Å². The fourth-order valence-electron chi connectivity index (χ4n) is 2.25. The van der Waals surface area contributed by atoms with Crippen LogP contribution in [0.15, 0.2) is 29.2 Å². The largest absolute Gasteiger partial charge is 0.330 e. The summed E-state index contributed by atoms with van der Waals surface area (Å²) in [6, 6.07) is 8.50. The molecular weight excluding hydrogens is 396 g/mol. The van der Waals surface area contributed by atoms with Gasteiger partial charge >= 0.3 is 0 Å². The van der Waals surface area contributed by atoms with E-state index in [2.05, 4.69) is 20.8 Å². The highest BCUT2D eigenvalue weighted by molar-refractivity contribution is 8.23. The van der Waals surface area contributed by atoms with Gasteiger partial charge in [-0.3, -0.25) is 0 Å². The van der Waals surface area contributed by atoms with Crippen LogP contribution in [0.25, 0.3) is 0 Å². The first-order valence-electron chi connectivity index (χ1n) is 7.81. The first kappa shape index (κ1) is 21.2. The number of thiocarbonyl (C=S) groups is 1. The fraction of sp³-hybridized carbons (Fsp3) is 0.263. The van der Waals surface area contributed by atoms with Crippen LogP contribution in [0.1, 0.15) is 31.9 Å². The van der Waals surface area contributed by atoms with Gasteiger partial charge in [0.1, 0.15) is 16.0 Å². The normalized spacial score (nSPS) is 11.2. The van der Waals surface area contributed by atoms with E-state index in [1.807, 2.05) is 12.1 Å². The molecule has 2 aromatic carbocycles. The Bertz CT molecular complexity index is 900. The van der Waals surface area contributed by atoms with Crippen LogP contribution in [0.4, 0.5) is 23.2 Å². The minimum Gasteiger partial charge on any atom is -0.330 e. The second-order valence-electron chi connectivity index (χ2n) is 6.80. The van der Waals surface area contributed by atoms with Gasteiger partial charge in [0.05, 0.1) is 4.90 Å². The average Bonchev–Trinajstić information content (AvgIpc) is 2.62. The summed E-state index contributed by atoms with van der Waals surface area (Å²) in [5.41, 5.74) is 0.393. The van der Waals surface area contributed by atoms with E-state index in [9.17, 15) is 17.6 Å². The number of halogens is 4. The maximum atomic E-state index is 14.1. The van der Waals surface area contributed by atoms with Crippen LogP contribution in [0.2, 0.25) is 0 Å². The van der Waals surface area contributed by atoms with Gasteiger partial charge in [-0.05, 0) is 23.1 Å². The van der Waals surface area contributed by atoms with Gasteiger partial charge in [-0.15, -0.1) is 0 Å². The Hall–Kier alpha value is -2.11. The van der Waals surface area contributed by atoms with Crippen LogP contribution in [0, 0.1) is 34.6 Å². The summed E-state index contributed by atoms with van der Waals surface area (Å²) in [6.45, 7) is 6.18. The summed E-state index contributed by atoms with van der Waals surface area (Å²) in [5, 5.41) is 8.63. The third-order valence-electron chi connectivity index (χ3n) is 3.92. The number of rotatable bonds is 2. The third-order valence-corrected chi connectivity index (χ3v) is 5.45. The fourth-order valence-corrected chi connectivity index (χ4v) is 3.38. The summed E-state index contributed by atoms with van der Waals surface area (Å²) >= 11 is 5.53. The van der Waals surface area contributed by atoms with E-state index in [-0.39, 0.29) is 9.74 Å². The van der Waals surface area contributed by atoms with Gasteiger partial charge in [-0.1, -0.05) is 56.9 Å². The van der Waals surface area contributed by atoms with Crippen molar-refractivity contribution in [3.63, 3.8) is 0 Å². The Balaban J connectivity index is 2.31. The molecule has 0 saturated heterocycles. The maximum absolute atomic E-state index is 14.1. The Morgan fingerprint density at radius 3 is 1.89 bits per heavy atom. The molecule has 0 heterocycles. The number of nitrogens with zero attached hydrogens (tertiary/aromatic N) is 2. The van der Waals surface area contributed by atoms with Crippen molar-refractivity contribution in [2.45, 2.75) is 31.1 Å². The molecule has 0 fully saturated rings. The first-order chi connectivity index (χ1) is 12.5. The lowest BCUT2D eigenvalue weighted by Crippen LogP contribution is -2.22. The van der Waals surface area contributed by atoms with Crippen LogP contribution in [0.3, 0.4) is 0 Å². The highest BCUT2D eigenvalue weighted by Crippen LogP contribution is 2.34. The first-order valence-corrected chi connectivity index (χ1v) is 9.03. The molecule has 0 aliphatic carbocycles. The molecule has 0 unspecified atom stereocenters. The predicted octanol–water partition coefficient (Wildman–Crippen LogP) is 5.93. The zero-order valence-electron chi connectivity index (χ0n) is 15.0. The topological polar surface area (TPSA) is 27.0 Å². The number of thioether (sulfide) groups is 1. The highest BCUT2D eigenvalue weighted by atomic mass is 32.2. The van der Waals surface area contributed by atoms with Crippen LogP contribution >= 0.6 is 24.0 Å². The Kier molecular flexibility index (Phi) is 6.17. The summed E-state index contributed by atoms with van der Waals surface area (Å²) in [5.74, 6) is -6.76. The van der Waals surface area contributed by atoms with Crippen molar-refractivity contribution in [2.75, 3.05) is 11.9 Å². The lowest BCUT2D eigenvalue weighted by molar-refractivity contribution is 0.423. The lowest BCUT2D eigenvalue weighted by atomic mass is 9.87. The minimum atomic E-state index is -1.74. The summed E-state index contributed by atoms with van der Waals surface area (Å²) in [7, 11) is 1.58. The van der Waals surface area contributed by atoms with Crippen molar-refractivity contribution < 1.29 is 17.6 Å².